The summed E-state index contributed by atoms with van der Waals surface area (Å²) in [5.74, 6) is -0.317. The first-order chi connectivity index (χ1) is 9.52. The molecular formula is C15H19N3O2. The molecule has 0 atom stereocenters. The molecule has 1 N–H and O–H groups in total. The predicted molar refractivity (Wildman–Crippen MR) is 77.8 cm³/mol. The van der Waals surface area contributed by atoms with Crippen molar-refractivity contribution in [1.82, 2.24) is 9.78 Å². The summed E-state index contributed by atoms with van der Waals surface area (Å²) in [5.41, 5.74) is 4.87. The van der Waals surface area contributed by atoms with E-state index in [0.29, 0.717) is 12.1 Å². The van der Waals surface area contributed by atoms with Crippen LogP contribution in [-0.2, 0) is 18.3 Å². The van der Waals surface area contributed by atoms with Gasteiger partial charge in [-0.3, -0.25) is 4.68 Å². The highest BCUT2D eigenvalue weighted by Gasteiger charge is 2.08. The lowest BCUT2D eigenvalue weighted by atomic mass is 10.1. The fraction of sp³-hybridized carbons (Fsp3) is 0.333. The quantitative estimate of drug-likeness (QED) is 0.869. The topological polar surface area (TPSA) is 56.1 Å². The van der Waals surface area contributed by atoms with Gasteiger partial charge in [-0.1, -0.05) is 0 Å². The largest absolute Gasteiger partial charge is 0.465 e. The molecule has 0 saturated heterocycles. The Morgan fingerprint density at radius 3 is 2.70 bits per heavy atom. The Hall–Kier alpha value is -2.30. The number of esters is 1. The van der Waals surface area contributed by atoms with Gasteiger partial charge < -0.3 is 10.1 Å². The summed E-state index contributed by atoms with van der Waals surface area (Å²) in [7, 11) is 3.31. The van der Waals surface area contributed by atoms with Crippen molar-refractivity contribution in [3.63, 3.8) is 0 Å². The number of aromatic nitrogens is 2. The molecule has 1 aromatic heterocycles. The second-order valence-corrected chi connectivity index (χ2v) is 4.75. The summed E-state index contributed by atoms with van der Waals surface area (Å²) in [4.78, 5) is 11.5. The first-order valence-corrected chi connectivity index (χ1v) is 6.43. The summed E-state index contributed by atoms with van der Waals surface area (Å²) in [6, 6.07) is 5.48. The Morgan fingerprint density at radius 1 is 1.40 bits per heavy atom. The van der Waals surface area contributed by atoms with Crippen molar-refractivity contribution in [2.24, 2.45) is 7.05 Å². The monoisotopic (exact) mass is 273 g/mol. The average molecular weight is 273 g/mol. The smallest absolute Gasteiger partial charge is 0.337 e. The zero-order valence-electron chi connectivity index (χ0n) is 12.2. The van der Waals surface area contributed by atoms with Crippen LogP contribution in [0.2, 0.25) is 0 Å². The van der Waals surface area contributed by atoms with Crippen molar-refractivity contribution in [3.05, 3.63) is 46.8 Å². The van der Waals surface area contributed by atoms with Crippen LogP contribution in [-0.4, -0.2) is 22.9 Å². The number of nitrogens with one attached hydrogen (secondary N) is 1. The van der Waals surface area contributed by atoms with Crippen LogP contribution < -0.4 is 5.32 Å². The Balaban J connectivity index is 2.10. The first kappa shape index (κ1) is 14.1. The number of aryl methyl sites for hydroxylation is 2. The normalized spacial score (nSPS) is 10.4. The second kappa shape index (κ2) is 5.77. The molecule has 0 radical (unpaired) electrons. The van der Waals surface area contributed by atoms with Gasteiger partial charge >= 0.3 is 5.97 Å². The van der Waals surface area contributed by atoms with Gasteiger partial charge in [-0.2, -0.15) is 5.10 Å². The van der Waals surface area contributed by atoms with Crippen LogP contribution in [0.5, 0.6) is 0 Å². The Morgan fingerprint density at radius 2 is 2.15 bits per heavy atom. The average Bonchev–Trinajstić information content (AvgIpc) is 2.76. The fourth-order valence-corrected chi connectivity index (χ4v) is 2.01. The van der Waals surface area contributed by atoms with Gasteiger partial charge in [-0.05, 0) is 37.6 Å². The van der Waals surface area contributed by atoms with E-state index in [2.05, 4.69) is 10.4 Å². The van der Waals surface area contributed by atoms with Crippen LogP contribution in [0.4, 0.5) is 5.69 Å². The molecule has 0 aliphatic heterocycles. The van der Waals surface area contributed by atoms with Gasteiger partial charge in [0.05, 0.1) is 18.9 Å². The van der Waals surface area contributed by atoms with Gasteiger partial charge in [-0.25, -0.2) is 4.79 Å². The number of anilines is 1. The third-order valence-corrected chi connectivity index (χ3v) is 3.45. The van der Waals surface area contributed by atoms with Crippen LogP contribution in [0, 0.1) is 13.8 Å². The number of carbonyl (C=O) groups excluding carboxylic acids is 1. The molecule has 0 unspecified atom stereocenters. The molecular weight excluding hydrogens is 254 g/mol. The van der Waals surface area contributed by atoms with E-state index >= 15 is 0 Å². The summed E-state index contributed by atoms with van der Waals surface area (Å²) in [6.07, 6.45) is 1.86. The molecule has 0 amide bonds. The second-order valence-electron chi connectivity index (χ2n) is 4.75. The maximum Gasteiger partial charge on any atom is 0.337 e. The molecule has 0 aliphatic rings. The molecule has 106 valence electrons. The number of benzene rings is 1. The minimum absolute atomic E-state index is 0.317. The molecule has 5 nitrogen and oxygen atoms in total. The molecule has 1 aromatic carbocycles. The predicted octanol–water partition coefficient (Wildman–Crippen LogP) is 2.44. The van der Waals surface area contributed by atoms with E-state index in [1.807, 2.05) is 43.9 Å². The van der Waals surface area contributed by atoms with Gasteiger partial charge in [0.15, 0.2) is 0 Å². The van der Waals surface area contributed by atoms with Crippen molar-refractivity contribution >= 4 is 11.7 Å². The van der Waals surface area contributed by atoms with E-state index in [4.69, 9.17) is 4.74 Å². The fourth-order valence-electron chi connectivity index (χ4n) is 2.01. The molecule has 2 aromatic rings. The van der Waals surface area contributed by atoms with E-state index in [0.717, 1.165) is 22.5 Å². The Labute approximate surface area is 118 Å². The number of hydrogen-bond acceptors (Lipinski definition) is 4. The molecule has 0 bridgehead atoms. The molecule has 0 fully saturated rings. The number of ether oxygens (including phenoxy) is 1. The lowest BCUT2D eigenvalue weighted by Crippen LogP contribution is -2.05. The third-order valence-electron chi connectivity index (χ3n) is 3.45. The van der Waals surface area contributed by atoms with Crippen molar-refractivity contribution in [1.29, 1.82) is 0 Å². The summed E-state index contributed by atoms with van der Waals surface area (Å²) < 4.78 is 6.56. The van der Waals surface area contributed by atoms with Crippen molar-refractivity contribution in [3.8, 4) is 0 Å². The van der Waals surface area contributed by atoms with E-state index < -0.39 is 0 Å². The first-order valence-electron chi connectivity index (χ1n) is 6.43. The van der Waals surface area contributed by atoms with E-state index in [-0.39, 0.29) is 5.97 Å². The number of rotatable bonds is 4. The third kappa shape index (κ3) is 2.82. The maximum atomic E-state index is 11.5. The minimum atomic E-state index is -0.317. The van der Waals surface area contributed by atoms with Gasteiger partial charge in [0.25, 0.3) is 0 Å². The number of carbonyl (C=O) groups is 1. The van der Waals surface area contributed by atoms with Gasteiger partial charge in [0.2, 0.25) is 0 Å². The van der Waals surface area contributed by atoms with Crippen LogP contribution >= 0.6 is 0 Å². The van der Waals surface area contributed by atoms with E-state index in [1.165, 1.54) is 7.11 Å². The van der Waals surface area contributed by atoms with Gasteiger partial charge in [0.1, 0.15) is 0 Å². The van der Waals surface area contributed by atoms with Crippen molar-refractivity contribution < 1.29 is 9.53 Å². The SMILES string of the molecule is COC(=O)c1ccc(NCc2cnn(C)c2C)c(C)c1. The van der Waals surface area contributed by atoms with Gasteiger partial charge in [-0.15, -0.1) is 0 Å². The summed E-state index contributed by atoms with van der Waals surface area (Å²) in [6.45, 7) is 4.71. The van der Waals surface area contributed by atoms with Crippen LogP contribution in [0.25, 0.3) is 0 Å². The Bertz CT molecular complexity index is 632. The van der Waals surface area contributed by atoms with Crippen molar-refractivity contribution in [2.45, 2.75) is 20.4 Å². The highest BCUT2D eigenvalue weighted by atomic mass is 16.5. The zero-order chi connectivity index (χ0) is 14.7. The summed E-state index contributed by atoms with van der Waals surface area (Å²) in [5, 5.41) is 7.58. The summed E-state index contributed by atoms with van der Waals surface area (Å²) >= 11 is 0. The maximum absolute atomic E-state index is 11.5. The molecule has 0 aliphatic carbocycles. The molecule has 0 spiro atoms. The zero-order valence-corrected chi connectivity index (χ0v) is 12.2. The molecule has 20 heavy (non-hydrogen) atoms. The highest BCUT2D eigenvalue weighted by molar-refractivity contribution is 5.90. The van der Waals surface area contributed by atoms with E-state index in [9.17, 15) is 4.79 Å². The van der Waals surface area contributed by atoms with Crippen LogP contribution in [0.3, 0.4) is 0 Å². The molecule has 1 heterocycles. The minimum Gasteiger partial charge on any atom is -0.465 e. The van der Waals surface area contributed by atoms with Crippen molar-refractivity contribution in [2.75, 3.05) is 12.4 Å². The lowest BCUT2D eigenvalue weighted by Gasteiger charge is -2.10. The van der Waals surface area contributed by atoms with Crippen LogP contribution in [0.1, 0.15) is 27.2 Å². The number of hydrogen-bond donors (Lipinski definition) is 1. The molecule has 5 heteroatoms. The Kier molecular flexibility index (Phi) is 4.08. The van der Waals surface area contributed by atoms with Gasteiger partial charge in [0, 0.05) is 30.5 Å². The van der Waals surface area contributed by atoms with E-state index in [1.54, 1.807) is 6.07 Å². The molecule has 2 rings (SSSR count). The number of nitrogens with zero attached hydrogens (tertiary/aromatic N) is 2. The number of methoxy groups -OCH3 is 1. The standard InChI is InChI=1S/C15H19N3O2/c1-10-7-12(15(19)20-4)5-6-14(10)16-8-13-9-17-18(3)11(13)2/h5-7,9,16H,8H2,1-4H3. The lowest BCUT2D eigenvalue weighted by molar-refractivity contribution is 0.0600. The molecule has 0 saturated carbocycles. The highest BCUT2D eigenvalue weighted by Crippen LogP contribution is 2.18. The van der Waals surface area contributed by atoms with Crippen LogP contribution in [0.15, 0.2) is 24.4 Å².